The number of benzene rings is 2. The van der Waals surface area contributed by atoms with Crippen molar-refractivity contribution in [3.63, 3.8) is 0 Å². The molecule has 154 valence electrons. The maximum Gasteiger partial charge on any atom is 0.259 e. The third-order valence-electron chi connectivity index (χ3n) is 4.45. The van der Waals surface area contributed by atoms with E-state index < -0.39 is 11.7 Å². The lowest BCUT2D eigenvalue weighted by Gasteiger charge is -2.12. The summed E-state index contributed by atoms with van der Waals surface area (Å²) < 4.78 is 13.9. The maximum absolute atomic E-state index is 13.9. The second kappa shape index (κ2) is 9.73. The molecule has 0 aliphatic carbocycles. The normalized spacial score (nSPS) is 10.7. The van der Waals surface area contributed by atoms with Crippen molar-refractivity contribution in [2.45, 2.75) is 20.3 Å². The van der Waals surface area contributed by atoms with Gasteiger partial charge >= 0.3 is 0 Å². The molecule has 0 radical (unpaired) electrons. The van der Waals surface area contributed by atoms with Gasteiger partial charge in [-0.2, -0.15) is 0 Å². The average molecular weight is 406 g/mol. The molecule has 0 atom stereocenters. The third kappa shape index (κ3) is 5.26. The van der Waals surface area contributed by atoms with Crippen molar-refractivity contribution >= 4 is 17.5 Å². The lowest BCUT2D eigenvalue weighted by Crippen LogP contribution is -2.30. The second-order valence-corrected chi connectivity index (χ2v) is 7.05. The molecule has 0 aliphatic rings. The number of halogens is 1. The largest absolute Gasteiger partial charge is 0.355 e. The van der Waals surface area contributed by atoms with E-state index in [1.54, 1.807) is 26.0 Å². The Labute approximate surface area is 174 Å². The molecule has 30 heavy (non-hydrogen) atoms. The van der Waals surface area contributed by atoms with Gasteiger partial charge in [0.2, 0.25) is 5.91 Å². The first-order chi connectivity index (χ1) is 14.5. The van der Waals surface area contributed by atoms with Gasteiger partial charge in [-0.15, -0.1) is 0 Å². The van der Waals surface area contributed by atoms with E-state index in [-0.39, 0.29) is 23.1 Å². The highest BCUT2D eigenvalue weighted by Crippen LogP contribution is 2.19. The SMILES string of the molecule is CC(C)C(=O)NCCc1nc(-c2ccccc2)ncc1C(=O)Nc1ccccc1F. The van der Waals surface area contributed by atoms with Crippen molar-refractivity contribution in [3.8, 4) is 11.4 Å². The Hall–Kier alpha value is -3.61. The van der Waals surface area contributed by atoms with Crippen LogP contribution in [0.15, 0.2) is 60.8 Å². The average Bonchev–Trinajstić information content (AvgIpc) is 2.75. The highest BCUT2D eigenvalue weighted by atomic mass is 19.1. The first-order valence-corrected chi connectivity index (χ1v) is 9.70. The summed E-state index contributed by atoms with van der Waals surface area (Å²) in [6.07, 6.45) is 1.77. The van der Waals surface area contributed by atoms with E-state index >= 15 is 0 Å². The van der Waals surface area contributed by atoms with Crippen LogP contribution in [0.1, 0.15) is 29.9 Å². The Kier molecular flexibility index (Phi) is 6.85. The molecule has 2 N–H and O–H groups in total. The first-order valence-electron chi connectivity index (χ1n) is 9.70. The molecular weight excluding hydrogens is 383 g/mol. The predicted molar refractivity (Wildman–Crippen MR) is 113 cm³/mol. The summed E-state index contributed by atoms with van der Waals surface area (Å²) in [6, 6.07) is 15.3. The molecule has 0 saturated carbocycles. The number of hydrogen-bond donors (Lipinski definition) is 2. The topological polar surface area (TPSA) is 84.0 Å². The number of para-hydroxylation sites is 1. The van der Waals surface area contributed by atoms with Crippen molar-refractivity contribution in [3.05, 3.63) is 77.9 Å². The Morgan fingerprint density at radius 2 is 1.73 bits per heavy atom. The van der Waals surface area contributed by atoms with Gasteiger partial charge < -0.3 is 10.6 Å². The fourth-order valence-corrected chi connectivity index (χ4v) is 2.78. The summed E-state index contributed by atoms with van der Waals surface area (Å²) in [5.41, 5.74) is 1.60. The number of rotatable bonds is 7. The third-order valence-corrected chi connectivity index (χ3v) is 4.45. The monoisotopic (exact) mass is 406 g/mol. The number of aromatic nitrogens is 2. The van der Waals surface area contributed by atoms with Crippen molar-refractivity contribution in [2.24, 2.45) is 5.92 Å². The van der Waals surface area contributed by atoms with Crippen molar-refractivity contribution in [1.82, 2.24) is 15.3 Å². The van der Waals surface area contributed by atoms with E-state index in [0.29, 0.717) is 24.5 Å². The zero-order valence-corrected chi connectivity index (χ0v) is 16.9. The molecule has 3 aromatic rings. The van der Waals surface area contributed by atoms with E-state index in [0.717, 1.165) is 5.56 Å². The summed E-state index contributed by atoms with van der Waals surface area (Å²) in [4.78, 5) is 33.5. The highest BCUT2D eigenvalue weighted by Gasteiger charge is 2.17. The molecule has 3 rings (SSSR count). The van der Waals surface area contributed by atoms with E-state index in [2.05, 4.69) is 20.6 Å². The summed E-state index contributed by atoms with van der Waals surface area (Å²) in [6.45, 7) is 3.93. The Bertz CT molecular complexity index is 1040. The molecule has 0 saturated heterocycles. The number of nitrogens with zero attached hydrogens (tertiary/aromatic N) is 2. The van der Waals surface area contributed by atoms with Crippen LogP contribution < -0.4 is 10.6 Å². The van der Waals surface area contributed by atoms with Crippen LogP contribution in [-0.4, -0.2) is 28.3 Å². The lowest BCUT2D eigenvalue weighted by atomic mass is 10.1. The first kappa shape index (κ1) is 21.1. The number of carbonyl (C=O) groups excluding carboxylic acids is 2. The smallest absolute Gasteiger partial charge is 0.259 e. The van der Waals surface area contributed by atoms with Crippen LogP contribution in [0.5, 0.6) is 0 Å². The zero-order chi connectivity index (χ0) is 21.5. The molecule has 2 aromatic carbocycles. The molecule has 0 aliphatic heterocycles. The predicted octanol–water partition coefficient (Wildman–Crippen LogP) is 3.85. The van der Waals surface area contributed by atoms with Crippen LogP contribution in [0.4, 0.5) is 10.1 Å². The molecule has 2 amide bonds. The highest BCUT2D eigenvalue weighted by molar-refractivity contribution is 6.05. The van der Waals surface area contributed by atoms with Gasteiger partial charge in [-0.05, 0) is 12.1 Å². The van der Waals surface area contributed by atoms with Gasteiger partial charge in [0.05, 0.1) is 16.9 Å². The minimum Gasteiger partial charge on any atom is -0.355 e. The van der Waals surface area contributed by atoms with Crippen molar-refractivity contribution < 1.29 is 14.0 Å². The van der Waals surface area contributed by atoms with Gasteiger partial charge in [0.1, 0.15) is 5.82 Å². The van der Waals surface area contributed by atoms with Crippen LogP contribution in [0.25, 0.3) is 11.4 Å². The second-order valence-electron chi connectivity index (χ2n) is 7.05. The molecule has 0 bridgehead atoms. The Balaban J connectivity index is 1.87. The summed E-state index contributed by atoms with van der Waals surface area (Å²) in [5.74, 6) is -0.782. The summed E-state index contributed by atoms with van der Waals surface area (Å²) in [7, 11) is 0. The van der Waals surface area contributed by atoms with E-state index in [9.17, 15) is 14.0 Å². The van der Waals surface area contributed by atoms with Crippen LogP contribution in [0, 0.1) is 11.7 Å². The van der Waals surface area contributed by atoms with Crippen LogP contribution in [-0.2, 0) is 11.2 Å². The van der Waals surface area contributed by atoms with Crippen LogP contribution in [0.3, 0.4) is 0 Å². The molecule has 0 unspecified atom stereocenters. The zero-order valence-electron chi connectivity index (χ0n) is 16.9. The fourth-order valence-electron chi connectivity index (χ4n) is 2.78. The molecule has 0 spiro atoms. The number of amides is 2. The minimum absolute atomic E-state index is 0.0775. The molecule has 1 aromatic heterocycles. The number of hydrogen-bond acceptors (Lipinski definition) is 4. The van der Waals surface area contributed by atoms with Crippen molar-refractivity contribution in [1.29, 1.82) is 0 Å². The summed E-state index contributed by atoms with van der Waals surface area (Å²) >= 11 is 0. The Morgan fingerprint density at radius 3 is 2.43 bits per heavy atom. The molecular formula is C23H23FN4O2. The minimum atomic E-state index is -0.529. The quantitative estimate of drug-likeness (QED) is 0.624. The molecule has 0 fully saturated rings. The van der Waals surface area contributed by atoms with E-state index in [4.69, 9.17) is 0 Å². The fraction of sp³-hybridized carbons (Fsp3) is 0.217. The van der Waals surface area contributed by atoms with E-state index in [1.807, 2.05) is 30.3 Å². The molecule has 7 heteroatoms. The van der Waals surface area contributed by atoms with Gasteiger partial charge in [-0.1, -0.05) is 56.3 Å². The van der Waals surface area contributed by atoms with Gasteiger partial charge in [0.25, 0.3) is 5.91 Å². The number of carbonyl (C=O) groups is 2. The van der Waals surface area contributed by atoms with Crippen LogP contribution >= 0.6 is 0 Å². The lowest BCUT2D eigenvalue weighted by molar-refractivity contribution is -0.123. The van der Waals surface area contributed by atoms with Crippen molar-refractivity contribution in [2.75, 3.05) is 11.9 Å². The van der Waals surface area contributed by atoms with Gasteiger partial charge in [0.15, 0.2) is 5.82 Å². The Morgan fingerprint density at radius 1 is 1.03 bits per heavy atom. The van der Waals surface area contributed by atoms with Gasteiger partial charge in [-0.3, -0.25) is 9.59 Å². The standard InChI is InChI=1S/C23H23FN4O2/c1-15(2)22(29)25-13-12-19-17(23(30)28-20-11-7-6-10-18(20)24)14-26-21(27-19)16-8-4-3-5-9-16/h3-11,14-15H,12-13H2,1-2H3,(H,25,29)(H,28,30). The van der Waals surface area contributed by atoms with Gasteiger partial charge in [0, 0.05) is 30.6 Å². The number of anilines is 1. The van der Waals surface area contributed by atoms with Gasteiger partial charge in [-0.25, -0.2) is 14.4 Å². The molecule has 6 nitrogen and oxygen atoms in total. The van der Waals surface area contributed by atoms with E-state index in [1.165, 1.54) is 18.3 Å². The molecule has 1 heterocycles. The maximum atomic E-state index is 13.9. The summed E-state index contributed by atoms with van der Waals surface area (Å²) in [5, 5.41) is 5.39. The van der Waals surface area contributed by atoms with Crippen LogP contribution in [0.2, 0.25) is 0 Å². The number of nitrogens with one attached hydrogen (secondary N) is 2.